The Kier molecular flexibility index (Phi) is 7.50. The third-order valence-corrected chi connectivity index (χ3v) is 8.38. The molecule has 1 aliphatic heterocycles. The van der Waals surface area contributed by atoms with E-state index in [2.05, 4.69) is 26.1 Å². The summed E-state index contributed by atoms with van der Waals surface area (Å²) >= 11 is 0. The molecular formula is C29H34N2O5S. The number of benzene rings is 3. The Balaban J connectivity index is 1.64. The summed E-state index contributed by atoms with van der Waals surface area (Å²) in [7, 11) is -2.46. The van der Waals surface area contributed by atoms with E-state index in [1.54, 1.807) is 18.2 Å². The summed E-state index contributed by atoms with van der Waals surface area (Å²) in [6.07, 6.45) is -0.996. The highest BCUT2D eigenvalue weighted by atomic mass is 32.2. The molecule has 0 aliphatic carbocycles. The average molecular weight is 523 g/mol. The van der Waals surface area contributed by atoms with Crippen molar-refractivity contribution in [2.45, 2.75) is 50.0 Å². The van der Waals surface area contributed by atoms with Crippen LogP contribution in [0.2, 0.25) is 0 Å². The summed E-state index contributed by atoms with van der Waals surface area (Å²) in [5, 5.41) is 2.94. The van der Waals surface area contributed by atoms with Crippen molar-refractivity contribution in [2.75, 3.05) is 24.5 Å². The van der Waals surface area contributed by atoms with Crippen molar-refractivity contribution in [3.8, 4) is 11.5 Å². The second-order valence-corrected chi connectivity index (χ2v) is 12.2. The van der Waals surface area contributed by atoms with Crippen molar-refractivity contribution in [1.82, 2.24) is 5.32 Å². The van der Waals surface area contributed by atoms with Gasteiger partial charge in [-0.3, -0.25) is 9.10 Å². The van der Waals surface area contributed by atoms with Crippen LogP contribution in [0, 0.1) is 0 Å². The molecule has 1 amide bonds. The summed E-state index contributed by atoms with van der Waals surface area (Å²) in [4.78, 5) is 13.3. The maximum Gasteiger partial charge on any atom is 0.264 e. The lowest BCUT2D eigenvalue weighted by atomic mass is 9.86. The maximum atomic E-state index is 13.8. The summed E-state index contributed by atoms with van der Waals surface area (Å²) < 4.78 is 40.2. The van der Waals surface area contributed by atoms with Crippen LogP contribution in [-0.2, 0) is 20.2 Å². The zero-order chi connectivity index (χ0) is 26.8. The van der Waals surface area contributed by atoms with Crippen LogP contribution in [0.25, 0.3) is 0 Å². The zero-order valence-corrected chi connectivity index (χ0v) is 22.7. The van der Waals surface area contributed by atoms with Crippen LogP contribution in [0.15, 0.2) is 77.7 Å². The first kappa shape index (κ1) is 26.5. The molecule has 0 fully saturated rings. The lowest BCUT2D eigenvalue weighted by Crippen LogP contribution is -2.51. The fourth-order valence-corrected chi connectivity index (χ4v) is 5.69. The lowest BCUT2D eigenvalue weighted by Gasteiger charge is -2.36. The third-order valence-electron chi connectivity index (χ3n) is 6.59. The van der Waals surface area contributed by atoms with Gasteiger partial charge in [0.05, 0.1) is 24.2 Å². The second-order valence-electron chi connectivity index (χ2n) is 10.3. The smallest absolute Gasteiger partial charge is 0.264 e. The van der Waals surface area contributed by atoms with E-state index in [-0.39, 0.29) is 28.7 Å². The number of hydrogen-bond donors (Lipinski definition) is 1. The maximum absolute atomic E-state index is 13.8. The fraction of sp³-hybridized carbons (Fsp3) is 0.345. The molecule has 7 nitrogen and oxygen atoms in total. The average Bonchev–Trinajstić information content (AvgIpc) is 2.90. The monoisotopic (exact) mass is 522 g/mol. The third kappa shape index (κ3) is 5.74. The van der Waals surface area contributed by atoms with Gasteiger partial charge in [0.2, 0.25) is 0 Å². The highest BCUT2D eigenvalue weighted by Gasteiger charge is 2.38. The van der Waals surface area contributed by atoms with Crippen LogP contribution in [0.5, 0.6) is 11.5 Å². The van der Waals surface area contributed by atoms with Crippen molar-refractivity contribution in [3.63, 3.8) is 0 Å². The molecule has 196 valence electrons. The largest absolute Gasteiger partial charge is 0.497 e. The Morgan fingerprint density at radius 2 is 1.76 bits per heavy atom. The van der Waals surface area contributed by atoms with Gasteiger partial charge in [-0.2, -0.15) is 0 Å². The molecule has 8 heteroatoms. The van der Waals surface area contributed by atoms with Gasteiger partial charge in [-0.25, -0.2) is 8.42 Å². The fourth-order valence-electron chi connectivity index (χ4n) is 4.22. The van der Waals surface area contributed by atoms with Crippen LogP contribution < -0.4 is 19.1 Å². The van der Waals surface area contributed by atoms with Crippen LogP contribution in [0.4, 0.5) is 5.69 Å². The minimum Gasteiger partial charge on any atom is -0.497 e. The molecule has 0 aromatic heterocycles. The van der Waals surface area contributed by atoms with Crippen molar-refractivity contribution in [1.29, 1.82) is 0 Å². The van der Waals surface area contributed by atoms with Gasteiger partial charge in [-0.05, 0) is 58.9 Å². The molecule has 3 aromatic carbocycles. The van der Waals surface area contributed by atoms with E-state index < -0.39 is 16.1 Å². The van der Waals surface area contributed by atoms with E-state index in [1.165, 1.54) is 23.5 Å². The molecule has 1 N–H and O–H groups in total. The number of sulfonamides is 1. The SMILES string of the molecule is COc1ccc(S(=O)(=O)N2C[C@@H](C(=O)NC[C@H](C)c3ccccc3)Oc3ccc(C(C)(C)C)cc32)cc1. The Morgan fingerprint density at radius 3 is 2.38 bits per heavy atom. The highest BCUT2D eigenvalue weighted by molar-refractivity contribution is 7.92. The molecule has 0 radical (unpaired) electrons. The molecule has 0 spiro atoms. The van der Waals surface area contributed by atoms with Gasteiger partial charge in [0, 0.05) is 6.54 Å². The minimum atomic E-state index is -3.99. The molecule has 0 saturated carbocycles. The van der Waals surface area contributed by atoms with Gasteiger partial charge >= 0.3 is 0 Å². The molecule has 3 aromatic rings. The summed E-state index contributed by atoms with van der Waals surface area (Å²) in [6, 6.07) is 21.6. The highest BCUT2D eigenvalue weighted by Crippen LogP contribution is 2.40. The topological polar surface area (TPSA) is 84.9 Å². The van der Waals surface area contributed by atoms with Gasteiger partial charge < -0.3 is 14.8 Å². The van der Waals surface area contributed by atoms with Gasteiger partial charge in [-0.15, -0.1) is 0 Å². The predicted octanol–water partition coefficient (Wildman–Crippen LogP) is 4.87. The van der Waals surface area contributed by atoms with Crippen molar-refractivity contribution >= 4 is 21.6 Å². The molecule has 0 unspecified atom stereocenters. The Morgan fingerprint density at radius 1 is 1.08 bits per heavy atom. The molecule has 4 rings (SSSR count). The number of carbonyl (C=O) groups excluding carboxylic acids is 1. The Labute approximate surface area is 219 Å². The Hall–Kier alpha value is -3.52. The van der Waals surface area contributed by atoms with Gasteiger partial charge in [-0.1, -0.05) is 64.1 Å². The van der Waals surface area contributed by atoms with Crippen LogP contribution in [-0.4, -0.2) is 40.6 Å². The van der Waals surface area contributed by atoms with Crippen molar-refractivity contribution in [2.24, 2.45) is 0 Å². The first-order valence-corrected chi connectivity index (χ1v) is 13.8. The van der Waals surface area contributed by atoms with Gasteiger partial charge in [0.25, 0.3) is 15.9 Å². The van der Waals surface area contributed by atoms with Crippen LogP contribution >= 0.6 is 0 Å². The summed E-state index contributed by atoms with van der Waals surface area (Å²) in [5.74, 6) is 0.645. The summed E-state index contributed by atoms with van der Waals surface area (Å²) in [5.41, 5.74) is 2.29. The van der Waals surface area contributed by atoms with E-state index in [0.717, 1.165) is 11.1 Å². The molecular weight excluding hydrogens is 488 g/mol. The normalized spacial score (nSPS) is 16.4. The first-order valence-electron chi connectivity index (χ1n) is 12.3. The lowest BCUT2D eigenvalue weighted by molar-refractivity contribution is -0.127. The van der Waals surface area contributed by atoms with E-state index in [9.17, 15) is 13.2 Å². The number of carbonyl (C=O) groups is 1. The molecule has 37 heavy (non-hydrogen) atoms. The van der Waals surface area contributed by atoms with E-state index >= 15 is 0 Å². The summed E-state index contributed by atoms with van der Waals surface area (Å²) in [6.45, 7) is 8.48. The standard InChI is InChI=1S/C29H34N2O5S/c1-20(21-9-7-6-8-10-21)18-30-28(32)27-19-31(37(33,34)24-14-12-23(35-5)13-15-24)25-17-22(29(2,3)4)11-16-26(25)36-27/h6-17,20,27H,18-19H2,1-5H3,(H,30,32)/t20-,27-/m0/s1. The number of fused-ring (bicyclic) bond motifs is 1. The number of rotatable bonds is 7. The van der Waals surface area contributed by atoms with Crippen molar-refractivity contribution in [3.05, 3.63) is 83.9 Å². The van der Waals surface area contributed by atoms with E-state index in [1.807, 2.05) is 49.4 Å². The molecule has 1 heterocycles. The van der Waals surface area contributed by atoms with Gasteiger partial charge in [0.1, 0.15) is 11.5 Å². The minimum absolute atomic E-state index is 0.0921. The first-order chi connectivity index (χ1) is 17.5. The van der Waals surface area contributed by atoms with E-state index in [0.29, 0.717) is 23.7 Å². The Bertz CT molecular complexity index is 1350. The number of anilines is 1. The molecule has 0 bridgehead atoms. The number of ether oxygens (including phenoxy) is 2. The van der Waals surface area contributed by atoms with Crippen LogP contribution in [0.1, 0.15) is 44.7 Å². The van der Waals surface area contributed by atoms with Crippen LogP contribution in [0.3, 0.4) is 0 Å². The predicted molar refractivity (Wildman–Crippen MR) is 145 cm³/mol. The molecule has 2 atom stereocenters. The quantitative estimate of drug-likeness (QED) is 0.479. The number of amides is 1. The van der Waals surface area contributed by atoms with Crippen molar-refractivity contribution < 1.29 is 22.7 Å². The molecule has 0 saturated heterocycles. The number of hydrogen-bond acceptors (Lipinski definition) is 5. The second kappa shape index (κ2) is 10.5. The van der Waals surface area contributed by atoms with E-state index in [4.69, 9.17) is 9.47 Å². The number of methoxy groups -OCH3 is 1. The molecule has 1 aliphatic rings. The van der Waals surface area contributed by atoms with Gasteiger partial charge in [0.15, 0.2) is 6.10 Å². The zero-order valence-electron chi connectivity index (χ0n) is 21.9. The number of nitrogens with one attached hydrogen (secondary N) is 1. The number of nitrogens with zero attached hydrogens (tertiary/aromatic N) is 1.